The van der Waals surface area contributed by atoms with E-state index in [9.17, 15) is 14.4 Å². The average molecular weight is 244 g/mol. The van der Waals surface area contributed by atoms with Gasteiger partial charge in [0.1, 0.15) is 5.78 Å². The van der Waals surface area contributed by atoms with Crippen LogP contribution < -0.4 is 16.0 Å². The van der Waals surface area contributed by atoms with Crippen LogP contribution in [0.1, 0.15) is 21.3 Å². The maximum atomic E-state index is 11.1. The van der Waals surface area contributed by atoms with Crippen LogP contribution in [0, 0.1) is 6.42 Å². The quantitative estimate of drug-likeness (QED) is 0.523. The highest BCUT2D eigenvalue weighted by Crippen LogP contribution is 1.87. The molecule has 0 aliphatic carbocycles. The first-order valence-corrected chi connectivity index (χ1v) is 4.78. The Bertz CT molecular complexity index is 206. The molecule has 0 saturated carbocycles. The van der Waals surface area contributed by atoms with Crippen LogP contribution in [0.4, 0.5) is 0 Å². The van der Waals surface area contributed by atoms with E-state index in [1.165, 1.54) is 6.42 Å². The Labute approximate surface area is 103 Å². The number of nitrogens with one attached hydrogen (secondary N) is 3. The van der Waals surface area contributed by atoms with Crippen LogP contribution >= 0.6 is 0 Å². The van der Waals surface area contributed by atoms with Crippen molar-refractivity contribution in [3.8, 4) is 0 Å². The summed E-state index contributed by atoms with van der Waals surface area (Å²) in [5.74, 6) is -0.521. The van der Waals surface area contributed by atoms with Gasteiger partial charge < -0.3 is 10.6 Å². The molecule has 0 atom stereocenters. The summed E-state index contributed by atoms with van der Waals surface area (Å²) in [6, 6.07) is 0. The van der Waals surface area contributed by atoms with Gasteiger partial charge in [-0.2, -0.15) is 0 Å². The van der Waals surface area contributed by atoms with Gasteiger partial charge in [-0.1, -0.05) is 14.9 Å². The summed E-state index contributed by atoms with van der Waals surface area (Å²) < 4.78 is 0. The van der Waals surface area contributed by atoms with Crippen LogP contribution in [0.15, 0.2) is 0 Å². The lowest BCUT2D eigenvalue weighted by atomic mass is 10.2. The highest BCUT2D eigenvalue weighted by molar-refractivity contribution is 5.89. The third-order valence-electron chi connectivity index (χ3n) is 1.89. The normalized spacial score (nSPS) is 18.5. The molecular weight excluding hydrogens is 222 g/mol. The Morgan fingerprint density at radius 1 is 0.941 bits per heavy atom. The van der Waals surface area contributed by atoms with Crippen LogP contribution in [-0.4, -0.2) is 43.8 Å². The fourth-order valence-corrected chi connectivity index (χ4v) is 1.12. The van der Waals surface area contributed by atoms with E-state index in [-0.39, 0.29) is 58.5 Å². The largest absolute Gasteiger partial charge is 0.355 e. The average Bonchev–Trinajstić information content (AvgIpc) is 2.16. The van der Waals surface area contributed by atoms with Crippen molar-refractivity contribution in [1.29, 1.82) is 0 Å². The monoisotopic (exact) mass is 244 g/mol. The molecule has 1 rings (SSSR count). The molecule has 1 aliphatic rings. The van der Waals surface area contributed by atoms with Gasteiger partial charge in [-0.05, 0) is 0 Å². The highest BCUT2D eigenvalue weighted by atomic mass is 16.2. The summed E-state index contributed by atoms with van der Waals surface area (Å²) >= 11 is 0. The van der Waals surface area contributed by atoms with Gasteiger partial charge in [0.2, 0.25) is 11.8 Å². The smallest absolute Gasteiger partial charge is 0.233 e. The molecule has 6 heteroatoms. The number of rotatable bonds is 0. The summed E-state index contributed by atoms with van der Waals surface area (Å²) in [6.45, 7) is 0.748. The van der Waals surface area contributed by atoms with Crippen molar-refractivity contribution in [3.05, 3.63) is 6.42 Å². The minimum Gasteiger partial charge on any atom is -0.355 e. The first kappa shape index (κ1) is 17.9. The second-order valence-electron chi connectivity index (χ2n) is 3.18. The van der Waals surface area contributed by atoms with Crippen LogP contribution in [-0.2, 0) is 14.4 Å². The van der Waals surface area contributed by atoms with Gasteiger partial charge in [0.15, 0.2) is 0 Å². The zero-order valence-corrected chi connectivity index (χ0v) is 8.34. The van der Waals surface area contributed by atoms with E-state index >= 15 is 0 Å². The Kier molecular flexibility index (Phi) is 10.3. The number of hydrogen-bond donors (Lipinski definition) is 3. The van der Waals surface area contributed by atoms with Crippen LogP contribution in [0.25, 0.3) is 0 Å². The molecule has 1 fully saturated rings. The van der Waals surface area contributed by atoms with E-state index in [0.717, 1.165) is 0 Å². The minimum absolute atomic E-state index is 0. The molecule has 1 radical (unpaired) electrons. The Hall–Kier alpha value is -1.43. The first-order chi connectivity index (χ1) is 7.18. The van der Waals surface area contributed by atoms with Gasteiger partial charge in [0, 0.05) is 25.9 Å². The van der Waals surface area contributed by atoms with Crippen molar-refractivity contribution < 1.29 is 14.4 Å². The van der Waals surface area contributed by atoms with E-state index in [1.807, 2.05) is 0 Å². The molecule has 0 bridgehead atoms. The lowest BCUT2D eigenvalue weighted by Gasteiger charge is -2.09. The van der Waals surface area contributed by atoms with Crippen molar-refractivity contribution in [2.45, 2.75) is 21.3 Å². The molecule has 1 aliphatic heterocycles. The summed E-state index contributed by atoms with van der Waals surface area (Å²) in [7, 11) is 0. The maximum Gasteiger partial charge on any atom is 0.233 e. The molecular formula is C11H22N3O3. The van der Waals surface area contributed by atoms with E-state index in [0.29, 0.717) is 6.54 Å². The van der Waals surface area contributed by atoms with Gasteiger partial charge in [-0.25, -0.2) is 0 Å². The van der Waals surface area contributed by atoms with Gasteiger partial charge in [0.05, 0.1) is 13.1 Å². The second-order valence-corrected chi connectivity index (χ2v) is 3.18. The molecule has 0 aromatic carbocycles. The van der Waals surface area contributed by atoms with Crippen LogP contribution in [0.5, 0.6) is 0 Å². The Morgan fingerprint density at radius 2 is 1.53 bits per heavy atom. The lowest BCUT2D eigenvalue weighted by molar-refractivity contribution is -0.121. The van der Waals surface area contributed by atoms with Crippen molar-refractivity contribution in [2.75, 3.05) is 26.2 Å². The van der Waals surface area contributed by atoms with Gasteiger partial charge in [-0.3, -0.25) is 19.7 Å². The zero-order valence-electron chi connectivity index (χ0n) is 8.34. The summed E-state index contributed by atoms with van der Waals surface area (Å²) in [5.41, 5.74) is 0. The van der Waals surface area contributed by atoms with Gasteiger partial charge in [-0.15, -0.1) is 0 Å². The number of amides is 2. The molecule has 2 amide bonds. The van der Waals surface area contributed by atoms with Gasteiger partial charge >= 0.3 is 0 Å². The van der Waals surface area contributed by atoms with E-state index in [2.05, 4.69) is 16.0 Å². The molecule has 0 aromatic rings. The molecule has 6 nitrogen and oxygen atoms in total. The number of hydrogen-bond acceptors (Lipinski definition) is 4. The Balaban J connectivity index is 0. The predicted octanol–water partition coefficient (Wildman–Crippen LogP) is -0.742. The Morgan fingerprint density at radius 3 is 2.18 bits per heavy atom. The maximum absolute atomic E-state index is 11.1. The summed E-state index contributed by atoms with van der Waals surface area (Å²) in [5, 5.41) is 7.80. The highest BCUT2D eigenvalue weighted by Gasteiger charge is 2.08. The standard InChI is InChI=1S/C9H14N3O3.2CH4/c13-7-1-3-11-8(14)5-10-6-9(15)12-4-2-7;;/h1,10H,2-6H2,(H,11,14)(H,12,15);2*1H4. The van der Waals surface area contributed by atoms with Crippen molar-refractivity contribution >= 4 is 17.6 Å². The van der Waals surface area contributed by atoms with E-state index < -0.39 is 0 Å². The molecule has 0 aromatic heterocycles. The zero-order chi connectivity index (χ0) is 11.1. The van der Waals surface area contributed by atoms with Crippen molar-refractivity contribution in [3.63, 3.8) is 0 Å². The number of Topliss-reactive ketones (excluding diaryl/α,β-unsaturated/α-hetero) is 1. The third-order valence-corrected chi connectivity index (χ3v) is 1.89. The predicted molar refractivity (Wildman–Crippen MR) is 66.3 cm³/mol. The lowest BCUT2D eigenvalue weighted by Crippen LogP contribution is -2.41. The fourth-order valence-electron chi connectivity index (χ4n) is 1.12. The van der Waals surface area contributed by atoms with Gasteiger partial charge in [0.25, 0.3) is 0 Å². The van der Waals surface area contributed by atoms with Crippen LogP contribution in [0.3, 0.4) is 0 Å². The topological polar surface area (TPSA) is 87.3 Å². The minimum atomic E-state index is -0.229. The number of carbonyl (C=O) groups is 3. The first-order valence-electron chi connectivity index (χ1n) is 4.78. The van der Waals surface area contributed by atoms with E-state index in [1.54, 1.807) is 0 Å². The van der Waals surface area contributed by atoms with Crippen LogP contribution in [0.2, 0.25) is 0 Å². The number of ketones is 1. The van der Waals surface area contributed by atoms with Crippen molar-refractivity contribution in [2.24, 2.45) is 0 Å². The summed E-state index contributed by atoms with van der Waals surface area (Å²) in [4.78, 5) is 33.3. The SMILES string of the molecule is C.C.O=C1[CH]CNC(=O)CNCC(=O)NCC1. The van der Waals surface area contributed by atoms with E-state index in [4.69, 9.17) is 0 Å². The van der Waals surface area contributed by atoms with Crippen molar-refractivity contribution in [1.82, 2.24) is 16.0 Å². The molecule has 3 N–H and O–H groups in total. The second kappa shape index (κ2) is 9.77. The molecule has 0 spiro atoms. The molecule has 0 unspecified atom stereocenters. The summed E-state index contributed by atoms with van der Waals surface area (Å²) in [6.07, 6.45) is 1.67. The molecule has 99 valence electrons. The number of carbonyl (C=O) groups excluding carboxylic acids is 3. The molecule has 1 heterocycles. The molecule has 17 heavy (non-hydrogen) atoms. The fraction of sp³-hybridized carbons (Fsp3) is 0.636. The molecule has 1 saturated heterocycles. The third kappa shape index (κ3) is 8.38.